The molecule has 0 radical (unpaired) electrons. The number of imidazole rings is 1. The standard InChI is InChI=1S/C13H23N3O4S/c1-4-5-6-11(13(17)18)15-21(19,20)12-8-16(9-14-12)7-10(2)3/h8-11,15H,4-7H2,1-3H3,(H,17,18). The summed E-state index contributed by atoms with van der Waals surface area (Å²) in [6, 6.07) is -1.12. The predicted molar refractivity (Wildman–Crippen MR) is 78.3 cm³/mol. The number of carbonyl (C=O) groups is 1. The third kappa shape index (κ3) is 5.47. The third-order valence-electron chi connectivity index (χ3n) is 2.90. The summed E-state index contributed by atoms with van der Waals surface area (Å²) in [4.78, 5) is 15.0. The molecule has 1 rings (SSSR count). The van der Waals surface area contributed by atoms with Crippen LogP contribution in [0.25, 0.3) is 0 Å². The molecule has 1 unspecified atom stereocenters. The van der Waals surface area contributed by atoms with Crippen molar-refractivity contribution in [2.75, 3.05) is 0 Å². The summed E-state index contributed by atoms with van der Waals surface area (Å²) in [5.74, 6) is -0.812. The molecule has 0 saturated heterocycles. The van der Waals surface area contributed by atoms with Crippen LogP contribution >= 0.6 is 0 Å². The van der Waals surface area contributed by atoms with Crippen LogP contribution in [0.15, 0.2) is 17.6 Å². The van der Waals surface area contributed by atoms with Crippen LogP contribution in [0.5, 0.6) is 0 Å². The molecule has 21 heavy (non-hydrogen) atoms. The van der Waals surface area contributed by atoms with Crippen LogP contribution in [0.2, 0.25) is 0 Å². The van der Waals surface area contributed by atoms with Crippen LogP contribution in [-0.2, 0) is 21.4 Å². The van der Waals surface area contributed by atoms with Crippen LogP contribution < -0.4 is 4.72 Å². The number of hydrogen-bond donors (Lipinski definition) is 2. The van der Waals surface area contributed by atoms with Gasteiger partial charge in [0, 0.05) is 12.7 Å². The van der Waals surface area contributed by atoms with Crippen LogP contribution in [0.4, 0.5) is 0 Å². The lowest BCUT2D eigenvalue weighted by Gasteiger charge is -2.13. The molecule has 1 aromatic heterocycles. The summed E-state index contributed by atoms with van der Waals surface area (Å²) >= 11 is 0. The quantitative estimate of drug-likeness (QED) is 0.718. The summed E-state index contributed by atoms with van der Waals surface area (Å²) in [6.45, 7) is 6.59. The summed E-state index contributed by atoms with van der Waals surface area (Å²) < 4.78 is 28.2. The van der Waals surface area contributed by atoms with E-state index in [9.17, 15) is 13.2 Å². The minimum Gasteiger partial charge on any atom is -0.480 e. The predicted octanol–water partition coefficient (Wildman–Crippen LogP) is 1.46. The zero-order valence-electron chi connectivity index (χ0n) is 12.6. The molecule has 8 heteroatoms. The fourth-order valence-corrected chi connectivity index (χ4v) is 3.06. The molecule has 0 aliphatic heterocycles. The zero-order valence-corrected chi connectivity index (χ0v) is 13.4. The molecule has 0 fully saturated rings. The molecule has 0 spiro atoms. The molecule has 0 aliphatic carbocycles. The van der Waals surface area contributed by atoms with Gasteiger partial charge in [0.25, 0.3) is 10.0 Å². The van der Waals surface area contributed by atoms with E-state index in [1.807, 2.05) is 20.8 Å². The van der Waals surface area contributed by atoms with Crippen molar-refractivity contribution in [3.05, 3.63) is 12.5 Å². The van der Waals surface area contributed by atoms with Crippen molar-refractivity contribution >= 4 is 16.0 Å². The maximum absolute atomic E-state index is 12.2. The van der Waals surface area contributed by atoms with Gasteiger partial charge >= 0.3 is 5.97 Å². The minimum absolute atomic E-state index is 0.147. The number of unbranched alkanes of at least 4 members (excludes halogenated alkanes) is 1. The van der Waals surface area contributed by atoms with Gasteiger partial charge in [0.05, 0.1) is 6.33 Å². The van der Waals surface area contributed by atoms with E-state index in [2.05, 4.69) is 9.71 Å². The van der Waals surface area contributed by atoms with Crippen LogP contribution in [0.1, 0.15) is 40.0 Å². The van der Waals surface area contributed by atoms with Crippen molar-refractivity contribution in [2.24, 2.45) is 5.92 Å². The normalized spacial score (nSPS) is 13.5. The van der Waals surface area contributed by atoms with Gasteiger partial charge < -0.3 is 9.67 Å². The van der Waals surface area contributed by atoms with E-state index < -0.39 is 22.0 Å². The number of sulfonamides is 1. The SMILES string of the molecule is CCCCC(NS(=O)(=O)c1cn(CC(C)C)cn1)C(=O)O. The summed E-state index contributed by atoms with van der Waals surface area (Å²) in [7, 11) is -3.91. The van der Waals surface area contributed by atoms with E-state index in [1.165, 1.54) is 12.5 Å². The van der Waals surface area contributed by atoms with Gasteiger partial charge in [-0.15, -0.1) is 0 Å². The molecule has 1 heterocycles. The molecule has 0 bridgehead atoms. The molecule has 0 aliphatic rings. The number of rotatable bonds is 9. The second kappa shape index (κ2) is 7.56. The highest BCUT2D eigenvalue weighted by Crippen LogP contribution is 2.10. The van der Waals surface area contributed by atoms with Gasteiger partial charge in [0.1, 0.15) is 6.04 Å². The van der Waals surface area contributed by atoms with Gasteiger partial charge in [-0.2, -0.15) is 4.72 Å². The Morgan fingerprint density at radius 1 is 1.48 bits per heavy atom. The van der Waals surface area contributed by atoms with Crippen LogP contribution in [-0.4, -0.2) is 35.1 Å². The highest BCUT2D eigenvalue weighted by molar-refractivity contribution is 7.89. The molecule has 1 aromatic rings. The van der Waals surface area contributed by atoms with Crippen molar-refractivity contribution in [3.63, 3.8) is 0 Å². The van der Waals surface area contributed by atoms with E-state index in [-0.39, 0.29) is 11.4 Å². The average molecular weight is 317 g/mol. The lowest BCUT2D eigenvalue weighted by Crippen LogP contribution is -2.40. The fraction of sp³-hybridized carbons (Fsp3) is 0.692. The first-order valence-corrected chi connectivity index (χ1v) is 8.51. The molecule has 0 amide bonds. The number of carboxylic acids is 1. The highest BCUT2D eigenvalue weighted by Gasteiger charge is 2.26. The lowest BCUT2D eigenvalue weighted by molar-refractivity contribution is -0.139. The Labute approximate surface area is 125 Å². The molecule has 1 atom stereocenters. The summed E-state index contributed by atoms with van der Waals surface area (Å²) in [5.41, 5.74) is 0. The Hall–Kier alpha value is -1.41. The van der Waals surface area contributed by atoms with E-state index in [0.29, 0.717) is 18.9 Å². The second-order valence-electron chi connectivity index (χ2n) is 5.46. The highest BCUT2D eigenvalue weighted by atomic mass is 32.2. The van der Waals surface area contributed by atoms with Gasteiger partial charge in [0.15, 0.2) is 5.03 Å². The first-order chi connectivity index (χ1) is 9.76. The number of carboxylic acid groups (broad SMARTS) is 1. The number of nitrogens with one attached hydrogen (secondary N) is 1. The molecule has 2 N–H and O–H groups in total. The second-order valence-corrected chi connectivity index (χ2v) is 7.12. The molecular weight excluding hydrogens is 294 g/mol. The van der Waals surface area contributed by atoms with Gasteiger partial charge in [-0.05, 0) is 12.3 Å². The Kier molecular flexibility index (Phi) is 6.35. The summed E-state index contributed by atoms with van der Waals surface area (Å²) in [6.07, 6.45) is 4.56. The number of nitrogens with zero attached hydrogens (tertiary/aromatic N) is 2. The Bertz CT molecular complexity index is 566. The van der Waals surface area contributed by atoms with Crippen molar-refractivity contribution in [1.29, 1.82) is 0 Å². The Morgan fingerprint density at radius 3 is 2.67 bits per heavy atom. The Balaban J connectivity index is 2.84. The molecular formula is C13H23N3O4S. The largest absolute Gasteiger partial charge is 0.480 e. The topological polar surface area (TPSA) is 101 Å². The maximum atomic E-state index is 12.2. The monoisotopic (exact) mass is 317 g/mol. The van der Waals surface area contributed by atoms with E-state index in [4.69, 9.17) is 5.11 Å². The smallest absolute Gasteiger partial charge is 0.321 e. The van der Waals surface area contributed by atoms with E-state index >= 15 is 0 Å². The van der Waals surface area contributed by atoms with E-state index in [1.54, 1.807) is 4.57 Å². The average Bonchev–Trinajstić information content (AvgIpc) is 2.82. The van der Waals surface area contributed by atoms with Crippen molar-refractivity contribution in [3.8, 4) is 0 Å². The first-order valence-electron chi connectivity index (χ1n) is 7.03. The van der Waals surface area contributed by atoms with Crippen molar-refractivity contribution in [2.45, 2.75) is 57.6 Å². The zero-order chi connectivity index (χ0) is 16.0. The molecule has 120 valence electrons. The van der Waals surface area contributed by atoms with Gasteiger partial charge in [-0.25, -0.2) is 13.4 Å². The lowest BCUT2D eigenvalue weighted by atomic mass is 10.1. The van der Waals surface area contributed by atoms with Gasteiger partial charge in [0.2, 0.25) is 0 Å². The van der Waals surface area contributed by atoms with Crippen molar-refractivity contribution < 1.29 is 18.3 Å². The Morgan fingerprint density at radius 2 is 2.14 bits per heavy atom. The molecule has 0 saturated carbocycles. The number of hydrogen-bond acceptors (Lipinski definition) is 4. The summed E-state index contributed by atoms with van der Waals surface area (Å²) in [5, 5.41) is 8.93. The number of aliphatic carboxylic acids is 1. The fourth-order valence-electron chi connectivity index (χ4n) is 1.89. The van der Waals surface area contributed by atoms with Crippen LogP contribution in [0, 0.1) is 5.92 Å². The molecule has 7 nitrogen and oxygen atoms in total. The first kappa shape index (κ1) is 17.6. The minimum atomic E-state index is -3.91. The molecule has 0 aromatic carbocycles. The van der Waals surface area contributed by atoms with Crippen LogP contribution in [0.3, 0.4) is 0 Å². The van der Waals surface area contributed by atoms with Gasteiger partial charge in [-0.3, -0.25) is 4.79 Å². The van der Waals surface area contributed by atoms with E-state index in [0.717, 1.165) is 6.42 Å². The number of aromatic nitrogens is 2. The third-order valence-corrected chi connectivity index (χ3v) is 4.26. The van der Waals surface area contributed by atoms with Crippen molar-refractivity contribution in [1.82, 2.24) is 14.3 Å². The maximum Gasteiger partial charge on any atom is 0.321 e. The van der Waals surface area contributed by atoms with Gasteiger partial charge in [-0.1, -0.05) is 33.6 Å².